The first-order valence-electron chi connectivity index (χ1n) is 6.39. The summed E-state index contributed by atoms with van der Waals surface area (Å²) in [6.45, 7) is 4.18. The van der Waals surface area contributed by atoms with Crippen molar-refractivity contribution in [3.8, 4) is 0 Å². The van der Waals surface area contributed by atoms with Gasteiger partial charge in [-0.1, -0.05) is 0 Å². The van der Waals surface area contributed by atoms with E-state index >= 15 is 0 Å². The number of methoxy groups -OCH3 is 1. The molecule has 6 nitrogen and oxygen atoms in total. The number of sulfone groups is 1. The molecule has 0 radical (unpaired) electrons. The van der Waals surface area contributed by atoms with Gasteiger partial charge in [-0.25, -0.2) is 8.42 Å². The van der Waals surface area contributed by atoms with Crippen LogP contribution in [-0.4, -0.2) is 57.8 Å². The lowest BCUT2D eigenvalue weighted by molar-refractivity contribution is -0.144. The Hall–Kier alpha value is -0.660. The molecule has 1 saturated heterocycles. The molecule has 1 aliphatic heterocycles. The first kappa shape index (κ1) is 16.4. The molecule has 1 aliphatic rings. The Morgan fingerprint density at radius 3 is 2.63 bits per heavy atom. The first-order valence-corrected chi connectivity index (χ1v) is 8.21. The summed E-state index contributed by atoms with van der Waals surface area (Å²) >= 11 is 0. The summed E-state index contributed by atoms with van der Waals surface area (Å²) in [7, 11) is -1.30. The normalized spacial score (nSPS) is 22.4. The highest BCUT2D eigenvalue weighted by atomic mass is 32.2. The van der Waals surface area contributed by atoms with Crippen LogP contribution in [-0.2, 0) is 24.1 Å². The number of esters is 1. The lowest BCUT2D eigenvalue weighted by Crippen LogP contribution is -2.35. The largest absolute Gasteiger partial charge is 0.465 e. The van der Waals surface area contributed by atoms with Crippen LogP contribution in [0.3, 0.4) is 0 Å². The van der Waals surface area contributed by atoms with E-state index in [9.17, 15) is 13.2 Å². The third-order valence-corrected chi connectivity index (χ3v) is 5.06. The lowest BCUT2D eigenvalue weighted by Gasteiger charge is -2.22. The summed E-state index contributed by atoms with van der Waals surface area (Å²) in [6, 6.07) is -0.132. The van der Waals surface area contributed by atoms with Crippen LogP contribution in [0.5, 0.6) is 0 Å². The van der Waals surface area contributed by atoms with E-state index in [0.29, 0.717) is 19.4 Å². The predicted molar refractivity (Wildman–Crippen MR) is 71.7 cm³/mol. The molecular weight excluding hydrogens is 270 g/mol. The minimum absolute atomic E-state index is 0.0492. The molecule has 1 heterocycles. The second kappa shape index (κ2) is 6.67. The Kier molecular flexibility index (Phi) is 5.76. The van der Waals surface area contributed by atoms with Gasteiger partial charge in [0.25, 0.3) is 0 Å². The average Bonchev–Trinajstić information content (AvgIpc) is 2.66. The quantitative estimate of drug-likeness (QED) is 0.672. The second-order valence-electron chi connectivity index (χ2n) is 5.42. The zero-order valence-electron chi connectivity index (χ0n) is 11.8. The Labute approximate surface area is 114 Å². The Balaban J connectivity index is 2.15. The Bertz CT molecular complexity index is 404. The highest BCUT2D eigenvalue weighted by Gasteiger charge is 2.27. The van der Waals surface area contributed by atoms with Crippen LogP contribution in [0, 0.1) is 0 Å². The van der Waals surface area contributed by atoms with Crippen molar-refractivity contribution in [2.75, 3.05) is 31.8 Å². The fraction of sp³-hybridized carbons (Fsp3) is 0.917. The van der Waals surface area contributed by atoms with Crippen LogP contribution in [0.4, 0.5) is 0 Å². The molecule has 0 aliphatic carbocycles. The number of nitrogens with one attached hydrogen (secondary N) is 1. The van der Waals surface area contributed by atoms with Gasteiger partial charge in [0.05, 0.1) is 30.3 Å². The molecular formula is C12H23NO5S. The predicted octanol–water partition coefficient (Wildman–Crippen LogP) is 0.121. The van der Waals surface area contributed by atoms with Gasteiger partial charge < -0.3 is 14.8 Å². The van der Waals surface area contributed by atoms with Crippen molar-refractivity contribution >= 4 is 15.8 Å². The van der Waals surface area contributed by atoms with Crippen LogP contribution in [0.15, 0.2) is 0 Å². The topological polar surface area (TPSA) is 81.7 Å². The summed E-state index contributed by atoms with van der Waals surface area (Å²) in [5.41, 5.74) is -0.312. The van der Waals surface area contributed by atoms with Gasteiger partial charge in [-0.2, -0.15) is 0 Å². The monoisotopic (exact) mass is 293 g/mol. The van der Waals surface area contributed by atoms with Crippen molar-refractivity contribution in [1.29, 1.82) is 0 Å². The zero-order valence-corrected chi connectivity index (χ0v) is 12.6. The molecule has 7 heteroatoms. The second-order valence-corrected chi connectivity index (χ2v) is 7.64. The van der Waals surface area contributed by atoms with Crippen molar-refractivity contribution in [2.24, 2.45) is 0 Å². The Morgan fingerprint density at radius 1 is 1.42 bits per heavy atom. The molecule has 1 N–H and O–H groups in total. The maximum Gasteiger partial charge on any atom is 0.319 e. The Morgan fingerprint density at radius 2 is 2.11 bits per heavy atom. The molecule has 1 atom stereocenters. The number of rotatable bonds is 7. The van der Waals surface area contributed by atoms with Gasteiger partial charge in [0.2, 0.25) is 0 Å². The maximum atomic E-state index is 11.5. The average molecular weight is 293 g/mol. The van der Waals surface area contributed by atoms with Crippen LogP contribution in [0.1, 0.15) is 26.7 Å². The van der Waals surface area contributed by atoms with Gasteiger partial charge in [0, 0.05) is 19.6 Å². The zero-order chi connectivity index (χ0) is 14.5. The highest BCUT2D eigenvalue weighted by molar-refractivity contribution is 7.91. The third-order valence-electron chi connectivity index (χ3n) is 3.29. The van der Waals surface area contributed by atoms with E-state index in [-0.39, 0.29) is 35.7 Å². The molecule has 0 bridgehead atoms. The van der Waals surface area contributed by atoms with E-state index in [1.165, 1.54) is 0 Å². The van der Waals surface area contributed by atoms with E-state index in [4.69, 9.17) is 9.47 Å². The van der Waals surface area contributed by atoms with Crippen molar-refractivity contribution in [3.05, 3.63) is 0 Å². The van der Waals surface area contributed by atoms with Crippen LogP contribution >= 0.6 is 0 Å². The minimum atomic E-state index is -2.91. The van der Waals surface area contributed by atoms with Crippen LogP contribution < -0.4 is 5.32 Å². The fourth-order valence-corrected chi connectivity index (χ4v) is 3.46. The number of hydrogen-bond acceptors (Lipinski definition) is 6. The molecule has 1 unspecified atom stereocenters. The van der Waals surface area contributed by atoms with Gasteiger partial charge in [0.15, 0.2) is 9.84 Å². The van der Waals surface area contributed by atoms with E-state index < -0.39 is 9.84 Å². The molecule has 0 spiro atoms. The van der Waals surface area contributed by atoms with Crippen molar-refractivity contribution < 1.29 is 22.7 Å². The summed E-state index contributed by atoms with van der Waals surface area (Å²) in [5, 5.41) is 2.91. The SMILES string of the molecule is COC(C)(C)CCOC(=O)CNC1CCS(=O)(=O)C1. The molecule has 112 valence electrons. The summed E-state index contributed by atoms with van der Waals surface area (Å²) < 4.78 is 32.7. The van der Waals surface area contributed by atoms with Gasteiger partial charge in [0.1, 0.15) is 0 Å². The first-order chi connectivity index (χ1) is 8.74. The van der Waals surface area contributed by atoms with Gasteiger partial charge in [-0.05, 0) is 20.3 Å². The van der Waals surface area contributed by atoms with Crippen molar-refractivity contribution in [2.45, 2.75) is 38.3 Å². The molecule has 0 aromatic carbocycles. The molecule has 0 amide bonds. The molecule has 0 saturated carbocycles. The number of carbonyl (C=O) groups is 1. The smallest absolute Gasteiger partial charge is 0.319 e. The summed E-state index contributed by atoms with van der Waals surface area (Å²) in [6.07, 6.45) is 1.18. The van der Waals surface area contributed by atoms with Crippen LogP contribution in [0.2, 0.25) is 0 Å². The standard InChI is InChI=1S/C12H23NO5S/c1-12(2,17-3)5-6-18-11(14)8-13-10-4-7-19(15,16)9-10/h10,13H,4-9H2,1-3H3. The molecule has 0 aromatic rings. The molecule has 1 rings (SSSR count). The number of hydrogen-bond donors (Lipinski definition) is 1. The van der Waals surface area contributed by atoms with Gasteiger partial charge in [-0.3, -0.25) is 4.79 Å². The van der Waals surface area contributed by atoms with Crippen molar-refractivity contribution in [3.63, 3.8) is 0 Å². The summed E-state index contributed by atoms with van der Waals surface area (Å²) in [4.78, 5) is 11.5. The number of ether oxygens (including phenoxy) is 2. The van der Waals surface area contributed by atoms with E-state index in [0.717, 1.165) is 0 Å². The van der Waals surface area contributed by atoms with Crippen LogP contribution in [0.25, 0.3) is 0 Å². The lowest BCUT2D eigenvalue weighted by atomic mass is 10.1. The minimum Gasteiger partial charge on any atom is -0.465 e. The summed E-state index contributed by atoms with van der Waals surface area (Å²) in [5.74, 6) is -0.0603. The number of carbonyl (C=O) groups excluding carboxylic acids is 1. The van der Waals surface area contributed by atoms with E-state index in [2.05, 4.69) is 5.32 Å². The fourth-order valence-electron chi connectivity index (χ4n) is 1.75. The molecule has 19 heavy (non-hydrogen) atoms. The highest BCUT2D eigenvalue weighted by Crippen LogP contribution is 2.13. The maximum absolute atomic E-state index is 11.5. The molecule has 0 aromatic heterocycles. The molecule has 1 fully saturated rings. The van der Waals surface area contributed by atoms with Gasteiger partial charge in [-0.15, -0.1) is 0 Å². The van der Waals surface area contributed by atoms with Gasteiger partial charge >= 0.3 is 5.97 Å². The van der Waals surface area contributed by atoms with E-state index in [1.807, 2.05) is 13.8 Å². The van der Waals surface area contributed by atoms with E-state index in [1.54, 1.807) is 7.11 Å². The van der Waals surface area contributed by atoms with Crippen molar-refractivity contribution in [1.82, 2.24) is 5.32 Å². The third kappa shape index (κ3) is 6.35.